The van der Waals surface area contributed by atoms with E-state index in [1.807, 2.05) is 0 Å². The molecule has 0 saturated heterocycles. The number of amides is 1. The predicted molar refractivity (Wildman–Crippen MR) is 92.5 cm³/mol. The van der Waals surface area contributed by atoms with Gasteiger partial charge in [0, 0.05) is 18.1 Å². The number of anilines is 1. The van der Waals surface area contributed by atoms with Crippen LogP contribution in [0, 0.1) is 5.92 Å². The molecule has 1 heterocycles. The number of nitrogens with zero attached hydrogens (tertiary/aromatic N) is 2. The molecule has 1 aliphatic rings. The summed E-state index contributed by atoms with van der Waals surface area (Å²) in [7, 11) is 3.16. The summed E-state index contributed by atoms with van der Waals surface area (Å²) >= 11 is 0. The maximum Gasteiger partial charge on any atom is 0.228 e. The highest BCUT2D eigenvalue weighted by atomic mass is 16.5. The predicted octanol–water partition coefficient (Wildman–Crippen LogP) is 3.56. The van der Waals surface area contributed by atoms with Gasteiger partial charge >= 0.3 is 0 Å². The lowest BCUT2D eigenvalue weighted by Crippen LogP contribution is -2.23. The Labute approximate surface area is 141 Å². The van der Waals surface area contributed by atoms with Crippen molar-refractivity contribution in [2.75, 3.05) is 19.5 Å². The Morgan fingerprint density at radius 2 is 1.67 bits per heavy atom. The first kappa shape index (κ1) is 16.5. The number of hydrogen-bond donors (Lipinski definition) is 1. The topological polar surface area (TPSA) is 73.3 Å². The summed E-state index contributed by atoms with van der Waals surface area (Å²) in [5, 5.41) is 2.91. The van der Waals surface area contributed by atoms with Gasteiger partial charge in [-0.3, -0.25) is 9.78 Å². The van der Waals surface area contributed by atoms with E-state index in [2.05, 4.69) is 15.3 Å². The average Bonchev–Trinajstić information content (AvgIpc) is 2.89. The summed E-state index contributed by atoms with van der Waals surface area (Å²) in [4.78, 5) is 21.3. The van der Waals surface area contributed by atoms with Gasteiger partial charge in [-0.15, -0.1) is 0 Å². The Morgan fingerprint density at radius 1 is 1.04 bits per heavy atom. The normalized spacial score (nSPS) is 15.8. The van der Waals surface area contributed by atoms with E-state index < -0.39 is 0 Å². The Morgan fingerprint density at radius 3 is 2.29 bits per heavy atom. The molecule has 1 N–H and O–H groups in total. The number of methoxy groups -OCH3 is 2. The highest BCUT2D eigenvalue weighted by molar-refractivity contribution is 5.92. The first-order valence-corrected chi connectivity index (χ1v) is 8.41. The van der Waals surface area contributed by atoms with Crippen molar-refractivity contribution >= 4 is 22.8 Å². The smallest absolute Gasteiger partial charge is 0.228 e. The second-order valence-electron chi connectivity index (χ2n) is 6.13. The lowest BCUT2D eigenvalue weighted by atomic mass is 9.99. The number of ether oxygens (including phenoxy) is 2. The van der Waals surface area contributed by atoms with Gasteiger partial charge in [-0.05, 0) is 12.8 Å². The van der Waals surface area contributed by atoms with Crippen LogP contribution in [0.25, 0.3) is 11.0 Å². The minimum atomic E-state index is 0.0472. The van der Waals surface area contributed by atoms with E-state index in [1.165, 1.54) is 12.8 Å². The number of carbonyl (C=O) groups is 1. The Hall–Kier alpha value is -2.37. The summed E-state index contributed by atoms with van der Waals surface area (Å²) in [6.07, 6.45) is 8.19. The monoisotopic (exact) mass is 329 g/mol. The lowest BCUT2D eigenvalue weighted by molar-refractivity contribution is -0.120. The second kappa shape index (κ2) is 7.47. The van der Waals surface area contributed by atoms with Crippen molar-refractivity contribution in [3.05, 3.63) is 18.3 Å². The number of nitrogens with one attached hydrogen (secondary N) is 1. The number of fused-ring (bicyclic) bond motifs is 1. The maximum absolute atomic E-state index is 12.5. The van der Waals surface area contributed by atoms with Gasteiger partial charge in [0.15, 0.2) is 17.3 Å². The van der Waals surface area contributed by atoms with Crippen molar-refractivity contribution < 1.29 is 14.3 Å². The Kier molecular flexibility index (Phi) is 5.13. The fraction of sp³-hybridized carbons (Fsp3) is 0.500. The number of benzene rings is 1. The Bertz CT molecular complexity index is 725. The molecule has 6 heteroatoms. The van der Waals surface area contributed by atoms with Crippen molar-refractivity contribution in [2.24, 2.45) is 5.92 Å². The summed E-state index contributed by atoms with van der Waals surface area (Å²) in [6, 6.07) is 3.54. The van der Waals surface area contributed by atoms with Gasteiger partial charge in [0.05, 0.1) is 31.4 Å². The largest absolute Gasteiger partial charge is 0.493 e. The molecule has 0 atom stereocenters. The van der Waals surface area contributed by atoms with Crippen LogP contribution in [0.4, 0.5) is 5.82 Å². The standard InChI is InChI=1S/C18H23N3O3/c1-23-15-9-13-14(10-16(15)24-2)20-17(11-19-13)21-18(22)12-7-5-3-4-6-8-12/h9-12H,3-8H2,1-2H3,(H,20,21,22). The van der Waals surface area contributed by atoms with Gasteiger partial charge in [-0.1, -0.05) is 25.7 Å². The minimum absolute atomic E-state index is 0.0472. The molecule has 0 unspecified atom stereocenters. The zero-order chi connectivity index (χ0) is 16.9. The van der Waals surface area contributed by atoms with E-state index in [0.29, 0.717) is 28.4 Å². The third kappa shape index (κ3) is 3.58. The number of rotatable bonds is 4. The first-order chi connectivity index (χ1) is 11.7. The summed E-state index contributed by atoms with van der Waals surface area (Å²) < 4.78 is 10.6. The van der Waals surface area contributed by atoms with E-state index in [9.17, 15) is 4.79 Å². The summed E-state index contributed by atoms with van der Waals surface area (Å²) in [5.41, 5.74) is 1.35. The molecule has 6 nitrogen and oxygen atoms in total. The summed E-state index contributed by atoms with van der Waals surface area (Å²) in [5.74, 6) is 1.80. The fourth-order valence-electron chi connectivity index (χ4n) is 3.17. The highest BCUT2D eigenvalue weighted by Crippen LogP contribution is 2.31. The molecular weight excluding hydrogens is 306 g/mol. The zero-order valence-corrected chi connectivity index (χ0v) is 14.2. The number of hydrogen-bond acceptors (Lipinski definition) is 5. The lowest BCUT2D eigenvalue weighted by Gasteiger charge is -2.14. The van der Waals surface area contributed by atoms with Gasteiger partial charge in [0.2, 0.25) is 5.91 Å². The molecule has 1 amide bonds. The van der Waals surface area contributed by atoms with Crippen molar-refractivity contribution in [1.29, 1.82) is 0 Å². The van der Waals surface area contributed by atoms with Crippen molar-refractivity contribution in [1.82, 2.24) is 9.97 Å². The van der Waals surface area contributed by atoms with Crippen LogP contribution >= 0.6 is 0 Å². The molecule has 0 bridgehead atoms. The molecule has 2 aromatic rings. The molecule has 1 fully saturated rings. The van der Waals surface area contributed by atoms with E-state index in [-0.39, 0.29) is 11.8 Å². The van der Waals surface area contributed by atoms with Crippen LogP contribution in [0.5, 0.6) is 11.5 Å². The third-order valence-electron chi connectivity index (χ3n) is 4.52. The molecule has 0 spiro atoms. The average molecular weight is 329 g/mol. The van der Waals surface area contributed by atoms with Gasteiger partial charge in [-0.25, -0.2) is 4.98 Å². The second-order valence-corrected chi connectivity index (χ2v) is 6.13. The molecule has 0 aliphatic heterocycles. The van der Waals surface area contributed by atoms with Crippen LogP contribution in [0.2, 0.25) is 0 Å². The molecule has 1 saturated carbocycles. The molecule has 1 aromatic carbocycles. The maximum atomic E-state index is 12.5. The van der Waals surface area contributed by atoms with Crippen LogP contribution in [0.15, 0.2) is 18.3 Å². The zero-order valence-electron chi connectivity index (χ0n) is 14.2. The van der Waals surface area contributed by atoms with E-state index in [1.54, 1.807) is 32.5 Å². The van der Waals surface area contributed by atoms with Crippen LogP contribution in [0.3, 0.4) is 0 Å². The molecule has 128 valence electrons. The molecule has 3 rings (SSSR count). The van der Waals surface area contributed by atoms with Crippen LogP contribution < -0.4 is 14.8 Å². The van der Waals surface area contributed by atoms with Crippen molar-refractivity contribution in [2.45, 2.75) is 38.5 Å². The van der Waals surface area contributed by atoms with Crippen LogP contribution in [-0.4, -0.2) is 30.1 Å². The highest BCUT2D eigenvalue weighted by Gasteiger charge is 2.20. The summed E-state index contributed by atoms with van der Waals surface area (Å²) in [6.45, 7) is 0. The van der Waals surface area contributed by atoms with Crippen LogP contribution in [-0.2, 0) is 4.79 Å². The van der Waals surface area contributed by atoms with Crippen LogP contribution in [0.1, 0.15) is 38.5 Å². The van der Waals surface area contributed by atoms with Gasteiger partial charge < -0.3 is 14.8 Å². The van der Waals surface area contributed by atoms with Gasteiger partial charge in [0.25, 0.3) is 0 Å². The molecule has 1 aromatic heterocycles. The molecule has 1 aliphatic carbocycles. The van der Waals surface area contributed by atoms with E-state index >= 15 is 0 Å². The quantitative estimate of drug-likeness (QED) is 0.868. The van der Waals surface area contributed by atoms with Gasteiger partial charge in [-0.2, -0.15) is 0 Å². The Balaban J connectivity index is 1.80. The van der Waals surface area contributed by atoms with Crippen molar-refractivity contribution in [3.8, 4) is 11.5 Å². The van der Waals surface area contributed by atoms with Crippen molar-refractivity contribution in [3.63, 3.8) is 0 Å². The minimum Gasteiger partial charge on any atom is -0.493 e. The molecule has 0 radical (unpaired) electrons. The first-order valence-electron chi connectivity index (χ1n) is 8.41. The van der Waals surface area contributed by atoms with Gasteiger partial charge in [0.1, 0.15) is 0 Å². The number of aromatic nitrogens is 2. The SMILES string of the molecule is COc1cc2ncc(NC(=O)C3CCCCCC3)nc2cc1OC. The molecular formula is C18H23N3O3. The number of carbonyl (C=O) groups excluding carboxylic acids is 1. The molecule has 24 heavy (non-hydrogen) atoms. The fourth-order valence-corrected chi connectivity index (χ4v) is 3.17. The van der Waals surface area contributed by atoms with E-state index in [4.69, 9.17) is 9.47 Å². The third-order valence-corrected chi connectivity index (χ3v) is 4.52. The van der Waals surface area contributed by atoms with E-state index in [0.717, 1.165) is 25.7 Å².